The minimum Gasteiger partial charge on any atom is -0.497 e. The Labute approximate surface area is 206 Å². The third-order valence-corrected chi connectivity index (χ3v) is 5.70. The fraction of sp³-hybridized carbons (Fsp3) is 0.154. The van der Waals surface area contributed by atoms with Crippen LogP contribution in [-0.4, -0.2) is 27.4 Å². The molecule has 0 aliphatic heterocycles. The van der Waals surface area contributed by atoms with Gasteiger partial charge in [0.15, 0.2) is 0 Å². The summed E-state index contributed by atoms with van der Waals surface area (Å²) in [6.45, 7) is 1.72. The Bertz CT molecular complexity index is 1460. The molecule has 0 aliphatic carbocycles. The van der Waals surface area contributed by atoms with Gasteiger partial charge >= 0.3 is 5.69 Å². The summed E-state index contributed by atoms with van der Waals surface area (Å²) in [4.78, 5) is 39.8. The van der Waals surface area contributed by atoms with Gasteiger partial charge in [-0.05, 0) is 54.4 Å². The fourth-order valence-electron chi connectivity index (χ4n) is 3.60. The first-order chi connectivity index (χ1) is 16.9. The van der Waals surface area contributed by atoms with Crippen molar-refractivity contribution < 1.29 is 9.53 Å². The Morgan fingerprint density at radius 3 is 2.40 bits per heavy atom. The predicted octanol–water partition coefficient (Wildman–Crippen LogP) is 3.60. The van der Waals surface area contributed by atoms with Crippen LogP contribution in [0.4, 0.5) is 0 Å². The van der Waals surface area contributed by atoms with Crippen LogP contribution < -0.4 is 21.3 Å². The lowest BCUT2D eigenvalue weighted by Gasteiger charge is -2.16. The Morgan fingerprint density at radius 1 is 1.03 bits per heavy atom. The van der Waals surface area contributed by atoms with Gasteiger partial charge in [0.2, 0.25) is 5.69 Å². The summed E-state index contributed by atoms with van der Waals surface area (Å²) in [5, 5.41) is 7.42. The van der Waals surface area contributed by atoms with Gasteiger partial charge in [0.25, 0.3) is 11.5 Å². The molecule has 178 valence electrons. The van der Waals surface area contributed by atoms with E-state index in [2.05, 4.69) is 10.4 Å². The van der Waals surface area contributed by atoms with Crippen LogP contribution in [0.3, 0.4) is 0 Å². The van der Waals surface area contributed by atoms with Crippen LogP contribution in [0.5, 0.6) is 5.75 Å². The highest BCUT2D eigenvalue weighted by Gasteiger charge is 2.22. The van der Waals surface area contributed by atoms with Crippen LogP contribution >= 0.6 is 11.6 Å². The first-order valence-corrected chi connectivity index (χ1v) is 11.2. The van der Waals surface area contributed by atoms with Crippen LogP contribution in [-0.2, 0) is 6.54 Å². The van der Waals surface area contributed by atoms with Crippen LogP contribution in [0.15, 0.2) is 88.5 Å². The molecule has 0 saturated carbocycles. The normalized spacial score (nSPS) is 11.6. The van der Waals surface area contributed by atoms with Gasteiger partial charge in [-0.25, -0.2) is 4.79 Å². The summed E-state index contributed by atoms with van der Waals surface area (Å²) in [5.41, 5.74) is -0.00639. The average molecular weight is 491 g/mol. The SMILES string of the molecule is COc1ccc(-n2nc(C(=O)NC(C)c3ccccc3)c(=O)n(Cc3cccc(Cl)c3)c2=O)cc1. The molecule has 1 amide bonds. The van der Waals surface area contributed by atoms with E-state index in [0.29, 0.717) is 22.0 Å². The minimum absolute atomic E-state index is 0.0780. The number of carbonyl (C=O) groups excluding carboxylic acids is 1. The van der Waals surface area contributed by atoms with Gasteiger partial charge in [0.05, 0.1) is 25.4 Å². The Balaban J connectivity index is 1.80. The van der Waals surface area contributed by atoms with Crippen LogP contribution in [0.1, 0.15) is 34.6 Å². The number of carbonyl (C=O) groups is 1. The highest BCUT2D eigenvalue weighted by molar-refractivity contribution is 6.30. The van der Waals surface area contributed by atoms with E-state index in [4.69, 9.17) is 16.3 Å². The number of halogens is 1. The third-order valence-electron chi connectivity index (χ3n) is 5.47. The molecule has 0 saturated heterocycles. The number of hydrogen-bond donors (Lipinski definition) is 1. The second-order valence-electron chi connectivity index (χ2n) is 7.87. The number of aromatic nitrogens is 3. The molecule has 0 fully saturated rings. The molecule has 0 radical (unpaired) electrons. The zero-order chi connectivity index (χ0) is 24.9. The number of nitrogens with one attached hydrogen (secondary N) is 1. The molecule has 1 atom stereocenters. The number of rotatable bonds is 7. The van der Waals surface area contributed by atoms with Gasteiger partial charge in [0.1, 0.15) is 5.75 Å². The summed E-state index contributed by atoms with van der Waals surface area (Å²) in [7, 11) is 1.53. The summed E-state index contributed by atoms with van der Waals surface area (Å²) in [5.74, 6) is -0.0999. The third kappa shape index (κ3) is 5.33. The highest BCUT2D eigenvalue weighted by atomic mass is 35.5. The number of amides is 1. The largest absolute Gasteiger partial charge is 0.497 e. The topological polar surface area (TPSA) is 95.2 Å². The number of methoxy groups -OCH3 is 1. The number of ether oxygens (including phenoxy) is 1. The summed E-state index contributed by atoms with van der Waals surface area (Å²) >= 11 is 6.08. The molecule has 35 heavy (non-hydrogen) atoms. The molecular weight excluding hydrogens is 468 g/mol. The Kier molecular flexibility index (Phi) is 7.12. The lowest BCUT2D eigenvalue weighted by atomic mass is 10.1. The summed E-state index contributed by atoms with van der Waals surface area (Å²) < 4.78 is 7.19. The molecule has 8 nitrogen and oxygen atoms in total. The standard InChI is InChI=1S/C26H23ClN4O4/c1-17(19-8-4-3-5-9-19)28-24(32)23-25(33)30(16-18-7-6-10-20(27)15-18)26(34)31(29-23)21-11-13-22(35-2)14-12-21/h3-15,17H,16H2,1-2H3,(H,28,32). The number of hydrogen-bond acceptors (Lipinski definition) is 5. The number of benzene rings is 3. The zero-order valence-corrected chi connectivity index (χ0v) is 19.9. The molecule has 4 rings (SSSR count). The molecule has 1 unspecified atom stereocenters. The van der Waals surface area contributed by atoms with E-state index in [1.54, 1.807) is 55.5 Å². The van der Waals surface area contributed by atoms with Gasteiger partial charge in [0, 0.05) is 5.02 Å². The molecule has 1 heterocycles. The van der Waals surface area contributed by atoms with Crippen molar-refractivity contribution in [1.82, 2.24) is 19.7 Å². The van der Waals surface area contributed by atoms with Gasteiger partial charge in [-0.3, -0.25) is 14.2 Å². The second kappa shape index (κ2) is 10.4. The van der Waals surface area contributed by atoms with Crippen LogP contribution in [0.25, 0.3) is 5.69 Å². The van der Waals surface area contributed by atoms with E-state index >= 15 is 0 Å². The van der Waals surface area contributed by atoms with Crippen molar-refractivity contribution in [3.63, 3.8) is 0 Å². The molecule has 0 spiro atoms. The first-order valence-electron chi connectivity index (χ1n) is 10.9. The van der Waals surface area contributed by atoms with Crippen molar-refractivity contribution in [2.45, 2.75) is 19.5 Å². The molecule has 1 N–H and O–H groups in total. The van der Waals surface area contributed by atoms with E-state index in [1.807, 2.05) is 30.3 Å². The van der Waals surface area contributed by atoms with E-state index in [-0.39, 0.29) is 12.6 Å². The van der Waals surface area contributed by atoms with E-state index in [0.717, 1.165) is 14.8 Å². The maximum absolute atomic E-state index is 13.3. The molecule has 9 heteroatoms. The lowest BCUT2D eigenvalue weighted by molar-refractivity contribution is 0.0930. The van der Waals surface area contributed by atoms with Gasteiger partial charge in [-0.2, -0.15) is 9.78 Å². The molecule has 0 bridgehead atoms. The summed E-state index contributed by atoms with van der Waals surface area (Å²) in [6, 6.07) is 22.3. The van der Waals surface area contributed by atoms with Gasteiger partial charge in [-0.15, -0.1) is 0 Å². The molecule has 4 aromatic rings. The lowest BCUT2D eigenvalue weighted by Crippen LogP contribution is -2.46. The molecule has 0 aliphatic rings. The Morgan fingerprint density at radius 2 is 1.74 bits per heavy atom. The van der Waals surface area contributed by atoms with Crippen molar-refractivity contribution in [2.75, 3.05) is 7.11 Å². The minimum atomic E-state index is -0.794. The zero-order valence-electron chi connectivity index (χ0n) is 19.1. The van der Waals surface area contributed by atoms with E-state index < -0.39 is 22.9 Å². The summed E-state index contributed by atoms with van der Waals surface area (Å²) in [6.07, 6.45) is 0. The second-order valence-corrected chi connectivity index (χ2v) is 8.30. The molecule has 1 aromatic heterocycles. The Hall–Kier alpha value is -4.17. The fourth-order valence-corrected chi connectivity index (χ4v) is 3.81. The van der Waals surface area contributed by atoms with Gasteiger partial charge < -0.3 is 10.1 Å². The molecular formula is C26H23ClN4O4. The predicted molar refractivity (Wildman–Crippen MR) is 134 cm³/mol. The van der Waals surface area contributed by atoms with Crippen molar-refractivity contribution in [1.29, 1.82) is 0 Å². The maximum atomic E-state index is 13.3. The highest BCUT2D eigenvalue weighted by Crippen LogP contribution is 2.15. The monoisotopic (exact) mass is 490 g/mol. The average Bonchev–Trinajstić information content (AvgIpc) is 2.87. The van der Waals surface area contributed by atoms with Crippen LogP contribution in [0.2, 0.25) is 5.02 Å². The van der Waals surface area contributed by atoms with Crippen molar-refractivity contribution in [3.05, 3.63) is 122 Å². The smallest absolute Gasteiger partial charge is 0.352 e. The first kappa shape index (κ1) is 24.0. The van der Waals surface area contributed by atoms with E-state index in [9.17, 15) is 14.4 Å². The van der Waals surface area contributed by atoms with Crippen molar-refractivity contribution >= 4 is 17.5 Å². The maximum Gasteiger partial charge on any atom is 0.352 e. The van der Waals surface area contributed by atoms with Crippen molar-refractivity contribution in [2.24, 2.45) is 0 Å². The number of nitrogens with zero attached hydrogens (tertiary/aromatic N) is 3. The van der Waals surface area contributed by atoms with Crippen LogP contribution in [0, 0.1) is 0 Å². The molecule has 3 aromatic carbocycles. The quantitative estimate of drug-likeness (QED) is 0.427. The van der Waals surface area contributed by atoms with E-state index in [1.165, 1.54) is 7.11 Å². The van der Waals surface area contributed by atoms with Gasteiger partial charge in [-0.1, -0.05) is 54.1 Å². The van der Waals surface area contributed by atoms with Crippen molar-refractivity contribution in [3.8, 4) is 11.4 Å².